The summed E-state index contributed by atoms with van der Waals surface area (Å²) in [6, 6.07) is 10.5. The molecule has 1 aromatic rings. The molecular formula is C17H25N3O. The minimum Gasteiger partial charge on any atom is -0.368 e. The SMILES string of the molecule is CC1CCNC(C(=O)N2CCN(c3ccccc3)CC2)C1. The Morgan fingerprint density at radius 2 is 1.86 bits per heavy atom. The van der Waals surface area contributed by atoms with Gasteiger partial charge in [-0.3, -0.25) is 4.79 Å². The molecule has 21 heavy (non-hydrogen) atoms. The average Bonchev–Trinajstić information content (AvgIpc) is 2.55. The maximum Gasteiger partial charge on any atom is 0.239 e. The lowest BCUT2D eigenvalue weighted by Gasteiger charge is -2.39. The van der Waals surface area contributed by atoms with E-state index >= 15 is 0 Å². The van der Waals surface area contributed by atoms with Crippen molar-refractivity contribution in [3.63, 3.8) is 0 Å². The summed E-state index contributed by atoms with van der Waals surface area (Å²) in [6.07, 6.45) is 2.17. The average molecular weight is 287 g/mol. The molecule has 0 spiro atoms. The van der Waals surface area contributed by atoms with Crippen LogP contribution in [0.2, 0.25) is 0 Å². The van der Waals surface area contributed by atoms with Gasteiger partial charge in [-0.25, -0.2) is 0 Å². The van der Waals surface area contributed by atoms with Crippen LogP contribution in [0.5, 0.6) is 0 Å². The van der Waals surface area contributed by atoms with Crippen molar-refractivity contribution in [3.8, 4) is 0 Å². The summed E-state index contributed by atoms with van der Waals surface area (Å²) < 4.78 is 0. The number of para-hydroxylation sites is 1. The molecule has 2 atom stereocenters. The van der Waals surface area contributed by atoms with Crippen LogP contribution in [0.1, 0.15) is 19.8 Å². The Balaban J connectivity index is 1.54. The van der Waals surface area contributed by atoms with Gasteiger partial charge in [0.2, 0.25) is 5.91 Å². The van der Waals surface area contributed by atoms with Gasteiger partial charge in [-0.1, -0.05) is 25.1 Å². The lowest BCUT2D eigenvalue weighted by atomic mass is 9.93. The predicted molar refractivity (Wildman–Crippen MR) is 85.4 cm³/mol. The number of nitrogens with one attached hydrogen (secondary N) is 1. The van der Waals surface area contributed by atoms with Crippen LogP contribution in [-0.2, 0) is 4.79 Å². The van der Waals surface area contributed by atoms with E-state index in [0.29, 0.717) is 11.8 Å². The number of benzene rings is 1. The minimum absolute atomic E-state index is 0.0389. The Morgan fingerprint density at radius 1 is 1.14 bits per heavy atom. The van der Waals surface area contributed by atoms with E-state index in [1.807, 2.05) is 11.0 Å². The zero-order valence-electron chi connectivity index (χ0n) is 12.8. The summed E-state index contributed by atoms with van der Waals surface area (Å²) in [6.45, 7) is 6.74. The molecule has 4 nitrogen and oxygen atoms in total. The molecule has 0 bridgehead atoms. The van der Waals surface area contributed by atoms with Crippen LogP contribution in [0, 0.1) is 5.92 Å². The molecule has 2 aliphatic rings. The number of piperidine rings is 1. The minimum atomic E-state index is 0.0389. The van der Waals surface area contributed by atoms with Crippen molar-refractivity contribution < 1.29 is 4.79 Å². The van der Waals surface area contributed by atoms with Crippen molar-refractivity contribution in [2.75, 3.05) is 37.6 Å². The summed E-state index contributed by atoms with van der Waals surface area (Å²) in [5, 5.41) is 3.38. The molecule has 0 radical (unpaired) electrons. The largest absolute Gasteiger partial charge is 0.368 e. The topological polar surface area (TPSA) is 35.6 Å². The van der Waals surface area contributed by atoms with Crippen LogP contribution in [0.25, 0.3) is 0 Å². The van der Waals surface area contributed by atoms with Gasteiger partial charge in [0, 0.05) is 31.9 Å². The molecule has 2 saturated heterocycles. The van der Waals surface area contributed by atoms with Crippen LogP contribution >= 0.6 is 0 Å². The molecule has 0 saturated carbocycles. The van der Waals surface area contributed by atoms with Gasteiger partial charge < -0.3 is 15.1 Å². The highest BCUT2D eigenvalue weighted by atomic mass is 16.2. The van der Waals surface area contributed by atoms with Gasteiger partial charge in [-0.15, -0.1) is 0 Å². The van der Waals surface area contributed by atoms with E-state index in [-0.39, 0.29) is 6.04 Å². The Morgan fingerprint density at radius 3 is 2.52 bits per heavy atom. The van der Waals surface area contributed by atoms with Gasteiger partial charge >= 0.3 is 0 Å². The first-order valence-corrected chi connectivity index (χ1v) is 8.06. The van der Waals surface area contributed by atoms with Crippen molar-refractivity contribution >= 4 is 11.6 Å². The molecule has 2 aliphatic heterocycles. The second-order valence-corrected chi connectivity index (χ2v) is 6.28. The smallest absolute Gasteiger partial charge is 0.239 e. The summed E-state index contributed by atoms with van der Waals surface area (Å²) in [5.74, 6) is 0.958. The summed E-state index contributed by atoms with van der Waals surface area (Å²) in [5.41, 5.74) is 1.26. The van der Waals surface area contributed by atoms with Gasteiger partial charge in [0.05, 0.1) is 6.04 Å². The molecular weight excluding hydrogens is 262 g/mol. The van der Waals surface area contributed by atoms with E-state index in [0.717, 1.165) is 39.1 Å². The number of nitrogens with zero attached hydrogens (tertiary/aromatic N) is 2. The van der Waals surface area contributed by atoms with E-state index in [1.165, 1.54) is 12.1 Å². The third-order valence-electron chi connectivity index (χ3n) is 4.68. The highest BCUT2D eigenvalue weighted by Crippen LogP contribution is 2.19. The quantitative estimate of drug-likeness (QED) is 0.900. The highest BCUT2D eigenvalue weighted by Gasteiger charge is 2.30. The van der Waals surface area contributed by atoms with Crippen LogP contribution in [0.15, 0.2) is 30.3 Å². The predicted octanol–water partition coefficient (Wildman–Crippen LogP) is 1.72. The van der Waals surface area contributed by atoms with Crippen LogP contribution in [0.4, 0.5) is 5.69 Å². The number of rotatable bonds is 2. The van der Waals surface area contributed by atoms with Crippen molar-refractivity contribution in [1.82, 2.24) is 10.2 Å². The standard InChI is InChI=1S/C17H25N3O/c1-14-7-8-18-16(13-14)17(21)20-11-9-19(10-12-20)15-5-3-2-4-6-15/h2-6,14,16,18H,7-13H2,1H3. The van der Waals surface area contributed by atoms with Gasteiger partial charge in [0.1, 0.15) is 0 Å². The third kappa shape index (κ3) is 3.38. The Bertz CT molecular complexity index is 468. The summed E-state index contributed by atoms with van der Waals surface area (Å²) in [4.78, 5) is 17.0. The number of hydrogen-bond acceptors (Lipinski definition) is 3. The van der Waals surface area contributed by atoms with Crippen molar-refractivity contribution in [3.05, 3.63) is 30.3 Å². The zero-order chi connectivity index (χ0) is 14.7. The first kappa shape index (κ1) is 14.4. The van der Waals surface area contributed by atoms with E-state index < -0.39 is 0 Å². The normalized spacial score (nSPS) is 26.7. The molecule has 1 amide bonds. The molecule has 1 aromatic carbocycles. The Kier molecular flexibility index (Phi) is 4.44. The van der Waals surface area contributed by atoms with E-state index in [4.69, 9.17) is 0 Å². The number of carbonyl (C=O) groups is 1. The van der Waals surface area contributed by atoms with Crippen molar-refractivity contribution in [2.24, 2.45) is 5.92 Å². The van der Waals surface area contributed by atoms with Crippen LogP contribution in [0.3, 0.4) is 0 Å². The van der Waals surface area contributed by atoms with Crippen LogP contribution < -0.4 is 10.2 Å². The molecule has 0 aromatic heterocycles. The van der Waals surface area contributed by atoms with Crippen molar-refractivity contribution in [1.29, 1.82) is 0 Å². The van der Waals surface area contributed by atoms with Gasteiger partial charge in [-0.2, -0.15) is 0 Å². The summed E-state index contributed by atoms with van der Waals surface area (Å²) in [7, 11) is 0. The molecule has 2 fully saturated rings. The summed E-state index contributed by atoms with van der Waals surface area (Å²) >= 11 is 0. The second-order valence-electron chi connectivity index (χ2n) is 6.28. The zero-order valence-corrected chi connectivity index (χ0v) is 12.8. The lowest BCUT2D eigenvalue weighted by molar-refractivity contribution is -0.134. The maximum atomic E-state index is 12.6. The van der Waals surface area contributed by atoms with Gasteiger partial charge in [0.15, 0.2) is 0 Å². The molecule has 4 heteroatoms. The number of piperazine rings is 1. The third-order valence-corrected chi connectivity index (χ3v) is 4.68. The molecule has 0 aliphatic carbocycles. The van der Waals surface area contributed by atoms with Crippen molar-refractivity contribution in [2.45, 2.75) is 25.8 Å². The number of carbonyl (C=O) groups excluding carboxylic acids is 1. The lowest BCUT2D eigenvalue weighted by Crippen LogP contribution is -2.55. The number of hydrogen-bond donors (Lipinski definition) is 1. The monoisotopic (exact) mass is 287 g/mol. The fourth-order valence-corrected chi connectivity index (χ4v) is 3.34. The fourth-order valence-electron chi connectivity index (χ4n) is 3.34. The molecule has 3 rings (SSSR count). The Hall–Kier alpha value is -1.55. The van der Waals surface area contributed by atoms with E-state index in [9.17, 15) is 4.79 Å². The first-order valence-electron chi connectivity index (χ1n) is 8.06. The van der Waals surface area contributed by atoms with E-state index in [2.05, 4.69) is 41.4 Å². The highest BCUT2D eigenvalue weighted by molar-refractivity contribution is 5.82. The molecule has 114 valence electrons. The first-order chi connectivity index (χ1) is 10.2. The number of anilines is 1. The second kappa shape index (κ2) is 6.48. The number of amides is 1. The maximum absolute atomic E-state index is 12.6. The fraction of sp³-hybridized carbons (Fsp3) is 0.588. The Labute approximate surface area is 127 Å². The van der Waals surface area contributed by atoms with E-state index in [1.54, 1.807) is 0 Å². The molecule has 2 unspecified atom stereocenters. The molecule has 1 N–H and O–H groups in total. The van der Waals surface area contributed by atoms with Gasteiger partial charge in [0.25, 0.3) is 0 Å². The van der Waals surface area contributed by atoms with Crippen LogP contribution in [-0.4, -0.2) is 49.6 Å². The van der Waals surface area contributed by atoms with Gasteiger partial charge in [-0.05, 0) is 37.4 Å². The molecule has 2 heterocycles.